The zero-order valence-electron chi connectivity index (χ0n) is 11.7. The van der Waals surface area contributed by atoms with Crippen molar-refractivity contribution in [1.29, 1.82) is 0 Å². The highest BCUT2D eigenvalue weighted by Gasteiger charge is 2.12. The van der Waals surface area contributed by atoms with Crippen LogP contribution in [0.1, 0.15) is 16.7 Å². The van der Waals surface area contributed by atoms with Gasteiger partial charge in [-0.15, -0.1) is 0 Å². The third-order valence-electron chi connectivity index (χ3n) is 3.47. The molecule has 3 rings (SSSR count). The van der Waals surface area contributed by atoms with E-state index in [4.69, 9.17) is 4.98 Å². The van der Waals surface area contributed by atoms with E-state index in [0.29, 0.717) is 0 Å². The Morgan fingerprint density at radius 2 is 1.79 bits per heavy atom. The van der Waals surface area contributed by atoms with Gasteiger partial charge >= 0.3 is 0 Å². The van der Waals surface area contributed by atoms with Crippen molar-refractivity contribution in [3.05, 3.63) is 47.2 Å². The number of imidazole rings is 1. The molecule has 0 aliphatic rings. The third-order valence-corrected chi connectivity index (χ3v) is 3.47. The number of hydrogen-bond donors (Lipinski definition) is 0. The predicted octanol–water partition coefficient (Wildman–Crippen LogP) is 3.56. The molecule has 0 N–H and O–H groups in total. The average Bonchev–Trinajstić information content (AvgIpc) is 2.66. The van der Waals surface area contributed by atoms with Crippen molar-refractivity contribution in [3.63, 3.8) is 0 Å². The van der Waals surface area contributed by atoms with E-state index in [1.807, 2.05) is 20.2 Å². The van der Waals surface area contributed by atoms with Crippen LogP contribution in [0.15, 0.2) is 30.5 Å². The molecule has 96 valence electrons. The molecular formula is C16H17N3. The molecule has 0 aliphatic heterocycles. The molecule has 3 heteroatoms. The van der Waals surface area contributed by atoms with E-state index in [-0.39, 0.29) is 0 Å². The van der Waals surface area contributed by atoms with Gasteiger partial charge in [0.1, 0.15) is 11.3 Å². The molecule has 2 heterocycles. The Kier molecular flexibility index (Phi) is 2.63. The lowest BCUT2D eigenvalue weighted by atomic mass is 10.1. The molecule has 2 aromatic heterocycles. The molecule has 0 amide bonds. The number of benzene rings is 1. The first-order valence-corrected chi connectivity index (χ1v) is 6.43. The smallest absolute Gasteiger partial charge is 0.160 e. The summed E-state index contributed by atoms with van der Waals surface area (Å²) in [7, 11) is 2.02. The SMILES string of the molecule is Cc1ccc(-c2nc3cc(C)cnc3n2C)c(C)c1. The van der Waals surface area contributed by atoms with Crippen LogP contribution in [-0.2, 0) is 7.05 Å². The van der Waals surface area contributed by atoms with Crippen LogP contribution >= 0.6 is 0 Å². The molecule has 1 aromatic carbocycles. The maximum Gasteiger partial charge on any atom is 0.160 e. The van der Waals surface area contributed by atoms with Crippen LogP contribution in [-0.4, -0.2) is 14.5 Å². The van der Waals surface area contributed by atoms with E-state index >= 15 is 0 Å². The molecule has 0 radical (unpaired) electrons. The van der Waals surface area contributed by atoms with Crippen molar-refractivity contribution >= 4 is 11.2 Å². The first kappa shape index (κ1) is 11.9. The molecule has 0 atom stereocenters. The van der Waals surface area contributed by atoms with Gasteiger partial charge in [0.05, 0.1) is 0 Å². The zero-order valence-corrected chi connectivity index (χ0v) is 11.7. The summed E-state index contributed by atoms with van der Waals surface area (Å²) < 4.78 is 2.06. The summed E-state index contributed by atoms with van der Waals surface area (Å²) in [6, 6.07) is 8.53. The number of aryl methyl sites for hydroxylation is 4. The molecule has 0 aliphatic carbocycles. The minimum atomic E-state index is 0.931. The first-order chi connectivity index (χ1) is 9.06. The van der Waals surface area contributed by atoms with Gasteiger partial charge in [0.2, 0.25) is 0 Å². The Morgan fingerprint density at radius 3 is 2.53 bits per heavy atom. The van der Waals surface area contributed by atoms with Crippen molar-refractivity contribution in [3.8, 4) is 11.4 Å². The second kappa shape index (κ2) is 4.19. The summed E-state index contributed by atoms with van der Waals surface area (Å²) >= 11 is 0. The fourth-order valence-electron chi connectivity index (χ4n) is 2.48. The van der Waals surface area contributed by atoms with Crippen LogP contribution in [0, 0.1) is 20.8 Å². The van der Waals surface area contributed by atoms with E-state index in [1.165, 1.54) is 16.7 Å². The number of nitrogens with zero attached hydrogens (tertiary/aromatic N) is 3. The van der Waals surface area contributed by atoms with Crippen LogP contribution in [0.4, 0.5) is 0 Å². The quantitative estimate of drug-likeness (QED) is 0.662. The molecule has 0 fully saturated rings. The van der Waals surface area contributed by atoms with Crippen LogP contribution in [0.2, 0.25) is 0 Å². The summed E-state index contributed by atoms with van der Waals surface area (Å²) in [5, 5.41) is 0. The largest absolute Gasteiger partial charge is 0.312 e. The molecule has 0 bridgehead atoms. The standard InChI is InChI=1S/C16H17N3/c1-10-5-6-13(12(3)7-10)15-18-14-8-11(2)9-17-16(14)19(15)4/h5-9H,1-4H3. The molecule has 0 unspecified atom stereocenters. The van der Waals surface area contributed by atoms with Crippen LogP contribution < -0.4 is 0 Å². The van der Waals surface area contributed by atoms with E-state index in [0.717, 1.165) is 22.6 Å². The highest BCUT2D eigenvalue weighted by Crippen LogP contribution is 2.26. The van der Waals surface area contributed by atoms with Crippen molar-refractivity contribution in [2.24, 2.45) is 7.05 Å². The van der Waals surface area contributed by atoms with Crippen molar-refractivity contribution in [2.45, 2.75) is 20.8 Å². The van der Waals surface area contributed by atoms with Crippen LogP contribution in [0.5, 0.6) is 0 Å². The van der Waals surface area contributed by atoms with E-state index < -0.39 is 0 Å². The molecule has 0 spiro atoms. The van der Waals surface area contributed by atoms with Crippen LogP contribution in [0.25, 0.3) is 22.6 Å². The lowest BCUT2D eigenvalue weighted by Gasteiger charge is -2.06. The van der Waals surface area contributed by atoms with Gasteiger partial charge in [-0.3, -0.25) is 0 Å². The fourth-order valence-corrected chi connectivity index (χ4v) is 2.48. The average molecular weight is 251 g/mol. The second-order valence-corrected chi connectivity index (χ2v) is 5.17. The molecule has 0 saturated heterocycles. The van der Waals surface area contributed by atoms with Crippen LogP contribution in [0.3, 0.4) is 0 Å². The summed E-state index contributed by atoms with van der Waals surface area (Å²) in [5.74, 6) is 0.977. The first-order valence-electron chi connectivity index (χ1n) is 6.43. The summed E-state index contributed by atoms with van der Waals surface area (Å²) in [6.45, 7) is 6.27. The maximum atomic E-state index is 4.73. The van der Waals surface area contributed by atoms with Gasteiger partial charge in [-0.1, -0.05) is 23.8 Å². The fraction of sp³-hybridized carbons (Fsp3) is 0.250. The highest BCUT2D eigenvalue weighted by atomic mass is 15.1. The summed E-state index contributed by atoms with van der Waals surface area (Å²) in [4.78, 5) is 9.21. The molecule has 0 saturated carbocycles. The number of fused-ring (bicyclic) bond motifs is 1. The molecule has 3 aromatic rings. The van der Waals surface area contributed by atoms with Gasteiger partial charge in [0.15, 0.2) is 5.65 Å². The number of rotatable bonds is 1. The van der Waals surface area contributed by atoms with Crippen molar-refractivity contribution in [1.82, 2.24) is 14.5 Å². The normalized spacial score (nSPS) is 11.2. The topological polar surface area (TPSA) is 30.7 Å². The maximum absolute atomic E-state index is 4.73. The Balaban J connectivity index is 2.27. The Bertz CT molecular complexity index is 769. The van der Waals surface area contributed by atoms with Gasteiger partial charge in [0.25, 0.3) is 0 Å². The lowest BCUT2D eigenvalue weighted by Crippen LogP contribution is -1.95. The predicted molar refractivity (Wildman–Crippen MR) is 78.2 cm³/mol. The second-order valence-electron chi connectivity index (χ2n) is 5.17. The minimum Gasteiger partial charge on any atom is -0.312 e. The third kappa shape index (κ3) is 1.91. The van der Waals surface area contributed by atoms with Gasteiger partial charge in [-0.05, 0) is 38.0 Å². The van der Waals surface area contributed by atoms with E-state index in [1.54, 1.807) is 0 Å². The van der Waals surface area contributed by atoms with Gasteiger partial charge < -0.3 is 4.57 Å². The summed E-state index contributed by atoms with van der Waals surface area (Å²) in [5.41, 5.74) is 6.71. The molecular weight excluding hydrogens is 234 g/mol. The number of aromatic nitrogens is 3. The molecule has 19 heavy (non-hydrogen) atoms. The summed E-state index contributed by atoms with van der Waals surface area (Å²) in [6.07, 6.45) is 1.88. The number of hydrogen-bond acceptors (Lipinski definition) is 2. The Hall–Kier alpha value is -2.16. The number of pyridine rings is 1. The highest BCUT2D eigenvalue weighted by molar-refractivity contribution is 5.78. The van der Waals surface area contributed by atoms with Gasteiger partial charge in [-0.25, -0.2) is 9.97 Å². The van der Waals surface area contributed by atoms with E-state index in [9.17, 15) is 0 Å². The minimum absolute atomic E-state index is 0.931. The zero-order chi connectivity index (χ0) is 13.6. The van der Waals surface area contributed by atoms with E-state index in [2.05, 4.69) is 47.7 Å². The Morgan fingerprint density at radius 1 is 1.00 bits per heavy atom. The lowest BCUT2D eigenvalue weighted by molar-refractivity contribution is 0.939. The van der Waals surface area contributed by atoms with Crippen molar-refractivity contribution < 1.29 is 0 Å². The van der Waals surface area contributed by atoms with Gasteiger partial charge in [-0.2, -0.15) is 0 Å². The molecule has 3 nitrogen and oxygen atoms in total. The monoisotopic (exact) mass is 251 g/mol. The van der Waals surface area contributed by atoms with Crippen molar-refractivity contribution in [2.75, 3.05) is 0 Å². The van der Waals surface area contributed by atoms with Gasteiger partial charge in [0, 0.05) is 18.8 Å². The Labute approximate surface area is 112 Å².